The normalized spacial score (nSPS) is 17.5. The molecule has 3 N–H and O–H groups in total. The first kappa shape index (κ1) is 11.3. The first-order valence-electron chi connectivity index (χ1n) is 5.75. The number of guanidine groups is 1. The lowest BCUT2D eigenvalue weighted by Gasteiger charge is -2.04. The number of aliphatic imine (C=N–C) groups is 1. The van der Waals surface area contributed by atoms with Crippen molar-refractivity contribution in [2.24, 2.45) is 16.6 Å². The maximum Gasteiger partial charge on any atom is 0.188 e. The molecule has 0 aromatic heterocycles. The highest BCUT2D eigenvalue weighted by Gasteiger charge is 2.21. The van der Waals surface area contributed by atoms with Crippen LogP contribution >= 0.6 is 0 Å². The Hall–Kier alpha value is -0.730. The van der Waals surface area contributed by atoms with Crippen LogP contribution in [0.25, 0.3) is 0 Å². The number of hydrogen-bond acceptors (Lipinski definition) is 1. The molecule has 14 heavy (non-hydrogen) atoms. The summed E-state index contributed by atoms with van der Waals surface area (Å²) in [7, 11) is 0. The molecule has 1 aliphatic carbocycles. The predicted octanol–water partition coefficient (Wildman–Crippen LogP) is 1.88. The summed E-state index contributed by atoms with van der Waals surface area (Å²) in [6.07, 6.45) is 6.22. The van der Waals surface area contributed by atoms with Crippen molar-refractivity contribution in [3.05, 3.63) is 0 Å². The van der Waals surface area contributed by atoms with Gasteiger partial charge in [-0.05, 0) is 25.2 Å². The molecule has 3 nitrogen and oxygen atoms in total. The first-order chi connectivity index (χ1) is 6.68. The molecule has 3 heteroatoms. The molecular formula is C11H23N3. The molecule has 0 atom stereocenters. The van der Waals surface area contributed by atoms with Crippen LogP contribution in [0.2, 0.25) is 0 Å². The van der Waals surface area contributed by atoms with E-state index in [1.165, 1.54) is 25.7 Å². The van der Waals surface area contributed by atoms with E-state index in [0.29, 0.717) is 12.0 Å². The van der Waals surface area contributed by atoms with Crippen LogP contribution in [0.3, 0.4) is 0 Å². The summed E-state index contributed by atoms with van der Waals surface area (Å²) in [6.45, 7) is 5.39. The van der Waals surface area contributed by atoms with Crippen LogP contribution in [0.4, 0.5) is 0 Å². The molecule has 0 unspecified atom stereocenters. The lowest BCUT2D eigenvalue weighted by molar-refractivity contribution is 0.541. The molecule has 1 aliphatic rings. The van der Waals surface area contributed by atoms with Gasteiger partial charge in [-0.15, -0.1) is 0 Å². The fourth-order valence-electron chi connectivity index (χ4n) is 1.35. The molecule has 1 rings (SSSR count). The minimum Gasteiger partial charge on any atom is -0.370 e. The molecule has 0 amide bonds. The molecule has 0 aromatic carbocycles. The van der Waals surface area contributed by atoms with Crippen LogP contribution < -0.4 is 11.1 Å². The maximum atomic E-state index is 5.70. The van der Waals surface area contributed by atoms with E-state index in [4.69, 9.17) is 5.73 Å². The third kappa shape index (κ3) is 5.84. The van der Waals surface area contributed by atoms with Gasteiger partial charge < -0.3 is 11.1 Å². The number of nitrogens with one attached hydrogen (secondary N) is 1. The SMILES string of the molecule is CC(C)CCCCN=C(N)NC1CC1. The van der Waals surface area contributed by atoms with E-state index >= 15 is 0 Å². The van der Waals surface area contributed by atoms with E-state index in [1.807, 2.05) is 0 Å². The topological polar surface area (TPSA) is 50.4 Å². The van der Waals surface area contributed by atoms with E-state index in [2.05, 4.69) is 24.2 Å². The molecule has 0 spiro atoms. The lowest BCUT2D eigenvalue weighted by atomic mass is 10.1. The van der Waals surface area contributed by atoms with Gasteiger partial charge in [-0.3, -0.25) is 4.99 Å². The molecule has 0 bridgehead atoms. The summed E-state index contributed by atoms with van der Waals surface area (Å²) in [5.74, 6) is 1.44. The Kier molecular flexibility index (Phi) is 4.77. The zero-order chi connectivity index (χ0) is 10.4. The van der Waals surface area contributed by atoms with Crippen molar-refractivity contribution < 1.29 is 0 Å². The van der Waals surface area contributed by atoms with Crippen molar-refractivity contribution in [1.82, 2.24) is 5.32 Å². The minimum atomic E-state index is 0.620. The van der Waals surface area contributed by atoms with E-state index in [-0.39, 0.29) is 0 Å². The highest BCUT2D eigenvalue weighted by molar-refractivity contribution is 5.78. The fourth-order valence-corrected chi connectivity index (χ4v) is 1.35. The highest BCUT2D eigenvalue weighted by atomic mass is 15.1. The third-order valence-corrected chi connectivity index (χ3v) is 2.40. The van der Waals surface area contributed by atoms with Crippen LogP contribution in [0.15, 0.2) is 4.99 Å². The van der Waals surface area contributed by atoms with Crippen LogP contribution in [0.1, 0.15) is 46.0 Å². The van der Waals surface area contributed by atoms with E-state index in [0.717, 1.165) is 18.9 Å². The molecule has 1 saturated carbocycles. The van der Waals surface area contributed by atoms with Crippen molar-refractivity contribution in [3.63, 3.8) is 0 Å². The standard InChI is InChI=1S/C11H23N3/c1-9(2)5-3-4-8-13-11(12)14-10-6-7-10/h9-10H,3-8H2,1-2H3,(H3,12,13,14). The van der Waals surface area contributed by atoms with Gasteiger partial charge in [0.1, 0.15) is 0 Å². The van der Waals surface area contributed by atoms with Gasteiger partial charge in [0.2, 0.25) is 0 Å². The maximum absolute atomic E-state index is 5.70. The number of hydrogen-bond donors (Lipinski definition) is 2. The second-order valence-corrected chi connectivity index (χ2v) is 4.58. The van der Waals surface area contributed by atoms with Gasteiger partial charge in [0, 0.05) is 12.6 Å². The van der Waals surface area contributed by atoms with Gasteiger partial charge in [0.25, 0.3) is 0 Å². The second-order valence-electron chi connectivity index (χ2n) is 4.58. The summed E-state index contributed by atoms with van der Waals surface area (Å²) < 4.78 is 0. The quantitative estimate of drug-likeness (QED) is 0.388. The van der Waals surface area contributed by atoms with Crippen molar-refractivity contribution in [3.8, 4) is 0 Å². The number of nitrogens with two attached hydrogens (primary N) is 1. The largest absolute Gasteiger partial charge is 0.370 e. The number of unbranched alkanes of at least 4 members (excludes halogenated alkanes) is 1. The van der Waals surface area contributed by atoms with Gasteiger partial charge in [-0.2, -0.15) is 0 Å². The molecule has 0 heterocycles. The Morgan fingerprint density at radius 3 is 2.71 bits per heavy atom. The van der Waals surface area contributed by atoms with Crippen LogP contribution in [-0.4, -0.2) is 18.5 Å². The van der Waals surface area contributed by atoms with Gasteiger partial charge in [-0.1, -0.05) is 26.7 Å². The molecule has 1 fully saturated rings. The Morgan fingerprint density at radius 2 is 2.14 bits per heavy atom. The monoisotopic (exact) mass is 197 g/mol. The average Bonchev–Trinajstić information content (AvgIpc) is 2.87. The van der Waals surface area contributed by atoms with Crippen molar-refractivity contribution >= 4 is 5.96 Å². The van der Waals surface area contributed by atoms with Crippen molar-refractivity contribution in [2.45, 2.75) is 52.0 Å². The highest BCUT2D eigenvalue weighted by Crippen LogP contribution is 2.17. The van der Waals surface area contributed by atoms with E-state index in [1.54, 1.807) is 0 Å². The van der Waals surface area contributed by atoms with Crippen LogP contribution in [-0.2, 0) is 0 Å². The second kappa shape index (κ2) is 5.89. The number of nitrogens with zero attached hydrogens (tertiary/aromatic N) is 1. The lowest BCUT2D eigenvalue weighted by Crippen LogP contribution is -2.33. The third-order valence-electron chi connectivity index (χ3n) is 2.40. The van der Waals surface area contributed by atoms with Crippen molar-refractivity contribution in [2.75, 3.05) is 6.54 Å². The fraction of sp³-hybridized carbons (Fsp3) is 0.909. The molecule has 0 saturated heterocycles. The Bertz CT molecular complexity index is 183. The van der Waals surface area contributed by atoms with E-state index < -0.39 is 0 Å². The zero-order valence-electron chi connectivity index (χ0n) is 9.42. The molecule has 0 aliphatic heterocycles. The van der Waals surface area contributed by atoms with Gasteiger partial charge >= 0.3 is 0 Å². The van der Waals surface area contributed by atoms with Gasteiger partial charge in [0.15, 0.2) is 5.96 Å². The minimum absolute atomic E-state index is 0.620. The number of rotatable bonds is 6. The smallest absolute Gasteiger partial charge is 0.188 e. The Balaban J connectivity index is 1.95. The summed E-state index contributed by atoms with van der Waals surface area (Å²) in [4.78, 5) is 4.28. The zero-order valence-corrected chi connectivity index (χ0v) is 9.42. The molecule has 82 valence electrons. The average molecular weight is 197 g/mol. The van der Waals surface area contributed by atoms with Crippen molar-refractivity contribution in [1.29, 1.82) is 0 Å². The van der Waals surface area contributed by atoms with E-state index in [9.17, 15) is 0 Å². The summed E-state index contributed by atoms with van der Waals surface area (Å²) >= 11 is 0. The van der Waals surface area contributed by atoms with Crippen LogP contribution in [0.5, 0.6) is 0 Å². The van der Waals surface area contributed by atoms with Crippen LogP contribution in [0, 0.1) is 5.92 Å². The van der Waals surface area contributed by atoms with Gasteiger partial charge in [-0.25, -0.2) is 0 Å². The summed E-state index contributed by atoms with van der Waals surface area (Å²) in [5.41, 5.74) is 5.70. The predicted molar refractivity (Wildman–Crippen MR) is 61.3 cm³/mol. The summed E-state index contributed by atoms with van der Waals surface area (Å²) in [5, 5.41) is 3.18. The molecular weight excluding hydrogens is 174 g/mol. The summed E-state index contributed by atoms with van der Waals surface area (Å²) in [6, 6.07) is 0.620. The Morgan fingerprint density at radius 1 is 1.43 bits per heavy atom. The molecule has 0 aromatic rings. The molecule has 0 radical (unpaired) electrons. The van der Waals surface area contributed by atoms with Gasteiger partial charge in [0.05, 0.1) is 0 Å². The Labute approximate surface area is 87.2 Å². The first-order valence-corrected chi connectivity index (χ1v) is 5.75.